The molecule has 1 rings (SSSR count). The lowest BCUT2D eigenvalue weighted by molar-refractivity contribution is -0.112. The van der Waals surface area contributed by atoms with Gasteiger partial charge in [-0.15, -0.1) is 5.06 Å². The summed E-state index contributed by atoms with van der Waals surface area (Å²) in [6.45, 7) is 4.43. The Hall–Kier alpha value is -0.770. The van der Waals surface area contributed by atoms with Crippen LogP contribution in [0.2, 0.25) is 0 Å². The van der Waals surface area contributed by atoms with Crippen molar-refractivity contribution in [3.8, 4) is 0 Å². The van der Waals surface area contributed by atoms with E-state index in [0.717, 1.165) is 38.8 Å². The summed E-state index contributed by atoms with van der Waals surface area (Å²) >= 11 is 0. The molecule has 130 valence electrons. The molecule has 0 bridgehead atoms. The maximum absolute atomic E-state index is 11.4. The first-order valence-corrected chi connectivity index (χ1v) is 9.42. The van der Waals surface area contributed by atoms with E-state index in [-0.39, 0.29) is 0 Å². The highest BCUT2D eigenvalue weighted by atomic mass is 16.8. The van der Waals surface area contributed by atoms with Crippen LogP contribution in [-0.2, 0) is 9.57 Å². The fourth-order valence-corrected chi connectivity index (χ4v) is 2.83. The molecule has 4 nitrogen and oxygen atoms in total. The van der Waals surface area contributed by atoms with Crippen LogP contribution in [-0.4, -0.2) is 30.9 Å². The first-order valence-electron chi connectivity index (χ1n) is 9.42. The lowest BCUT2D eigenvalue weighted by Crippen LogP contribution is -2.24. The molecule has 0 N–H and O–H groups in total. The molecule has 0 atom stereocenters. The molecular weight excluding hydrogens is 278 g/mol. The van der Waals surface area contributed by atoms with Gasteiger partial charge in [0.1, 0.15) is 0 Å². The fourth-order valence-electron chi connectivity index (χ4n) is 2.83. The van der Waals surface area contributed by atoms with Gasteiger partial charge in [-0.25, -0.2) is 4.79 Å². The lowest BCUT2D eigenvalue weighted by Gasteiger charge is -2.13. The number of unbranched alkanes of at least 4 members (excludes halogenated alkanes) is 10. The number of hydrogen-bond donors (Lipinski definition) is 0. The first-order chi connectivity index (χ1) is 10.8. The molecule has 1 saturated heterocycles. The monoisotopic (exact) mass is 313 g/mol. The van der Waals surface area contributed by atoms with Crippen LogP contribution < -0.4 is 0 Å². The Morgan fingerprint density at radius 1 is 0.818 bits per heavy atom. The SMILES string of the molecule is CCCCCCCCCCCCCOC(=O)ON1CCCC1. The van der Waals surface area contributed by atoms with Gasteiger partial charge in [-0.1, -0.05) is 71.1 Å². The van der Waals surface area contributed by atoms with E-state index in [0.29, 0.717) is 6.61 Å². The van der Waals surface area contributed by atoms with E-state index in [9.17, 15) is 4.79 Å². The second-order valence-electron chi connectivity index (χ2n) is 6.36. The maximum Gasteiger partial charge on any atom is 0.527 e. The molecule has 0 aromatic carbocycles. The minimum absolute atomic E-state index is 0.490. The van der Waals surface area contributed by atoms with Crippen LogP contribution in [0.5, 0.6) is 0 Å². The van der Waals surface area contributed by atoms with Gasteiger partial charge in [-0.2, -0.15) is 0 Å². The van der Waals surface area contributed by atoms with E-state index in [1.54, 1.807) is 5.06 Å². The van der Waals surface area contributed by atoms with E-state index in [1.165, 1.54) is 57.8 Å². The Balaban J connectivity index is 1.75. The predicted molar refractivity (Wildman–Crippen MR) is 89.7 cm³/mol. The van der Waals surface area contributed by atoms with Crippen LogP contribution in [0.15, 0.2) is 0 Å². The third kappa shape index (κ3) is 10.9. The molecule has 1 aliphatic rings. The summed E-state index contributed by atoms with van der Waals surface area (Å²) in [6, 6.07) is 0. The zero-order valence-electron chi connectivity index (χ0n) is 14.5. The average Bonchev–Trinajstić information content (AvgIpc) is 3.01. The molecule has 0 aliphatic carbocycles. The molecule has 0 amide bonds. The summed E-state index contributed by atoms with van der Waals surface area (Å²) in [7, 11) is 0. The van der Waals surface area contributed by atoms with Gasteiger partial charge in [0.15, 0.2) is 0 Å². The highest BCUT2D eigenvalue weighted by Gasteiger charge is 2.16. The maximum atomic E-state index is 11.4. The Labute approximate surface area is 136 Å². The van der Waals surface area contributed by atoms with Crippen molar-refractivity contribution in [3.05, 3.63) is 0 Å². The number of hydroxylamine groups is 2. The number of carbonyl (C=O) groups is 1. The molecule has 0 radical (unpaired) electrons. The molecule has 0 unspecified atom stereocenters. The van der Waals surface area contributed by atoms with Crippen molar-refractivity contribution >= 4 is 6.16 Å². The fraction of sp³-hybridized carbons (Fsp3) is 0.944. The Kier molecular flexibility index (Phi) is 12.1. The summed E-state index contributed by atoms with van der Waals surface area (Å²) < 4.78 is 5.08. The normalized spacial score (nSPS) is 15.1. The minimum atomic E-state index is -0.533. The van der Waals surface area contributed by atoms with Gasteiger partial charge in [0.05, 0.1) is 6.61 Å². The Bertz CT molecular complexity index is 265. The Morgan fingerprint density at radius 3 is 1.86 bits per heavy atom. The highest BCUT2D eigenvalue weighted by molar-refractivity contribution is 5.59. The zero-order valence-corrected chi connectivity index (χ0v) is 14.5. The third-order valence-electron chi connectivity index (χ3n) is 4.24. The lowest BCUT2D eigenvalue weighted by atomic mass is 10.1. The molecule has 1 aliphatic heterocycles. The quantitative estimate of drug-likeness (QED) is 0.334. The number of rotatable bonds is 13. The van der Waals surface area contributed by atoms with Gasteiger partial charge < -0.3 is 9.57 Å². The van der Waals surface area contributed by atoms with E-state index in [4.69, 9.17) is 9.57 Å². The van der Waals surface area contributed by atoms with Crippen LogP contribution >= 0.6 is 0 Å². The molecule has 4 heteroatoms. The zero-order chi connectivity index (χ0) is 15.9. The van der Waals surface area contributed by atoms with Crippen molar-refractivity contribution in [1.82, 2.24) is 5.06 Å². The topological polar surface area (TPSA) is 38.8 Å². The van der Waals surface area contributed by atoms with Crippen molar-refractivity contribution < 1.29 is 14.4 Å². The largest absolute Gasteiger partial charge is 0.527 e. The minimum Gasteiger partial charge on any atom is -0.433 e. The van der Waals surface area contributed by atoms with Crippen molar-refractivity contribution in [3.63, 3.8) is 0 Å². The van der Waals surface area contributed by atoms with Crippen LogP contribution in [0.3, 0.4) is 0 Å². The van der Waals surface area contributed by atoms with Gasteiger partial charge in [0.2, 0.25) is 0 Å². The number of hydrogen-bond acceptors (Lipinski definition) is 4. The van der Waals surface area contributed by atoms with Crippen LogP contribution in [0.25, 0.3) is 0 Å². The summed E-state index contributed by atoms with van der Waals surface area (Å²) in [5, 5.41) is 1.70. The molecule has 0 aromatic rings. The van der Waals surface area contributed by atoms with Crippen molar-refractivity contribution in [2.75, 3.05) is 19.7 Å². The number of carbonyl (C=O) groups excluding carboxylic acids is 1. The average molecular weight is 313 g/mol. The molecule has 0 spiro atoms. The van der Waals surface area contributed by atoms with Crippen molar-refractivity contribution in [2.24, 2.45) is 0 Å². The first kappa shape index (κ1) is 19.3. The van der Waals surface area contributed by atoms with E-state index in [2.05, 4.69) is 6.92 Å². The van der Waals surface area contributed by atoms with Crippen molar-refractivity contribution in [1.29, 1.82) is 0 Å². The molecule has 1 heterocycles. The highest BCUT2D eigenvalue weighted by Crippen LogP contribution is 2.12. The summed E-state index contributed by atoms with van der Waals surface area (Å²) in [4.78, 5) is 16.5. The number of nitrogens with zero attached hydrogens (tertiary/aromatic N) is 1. The number of ether oxygens (including phenoxy) is 1. The van der Waals surface area contributed by atoms with Gasteiger partial charge in [0, 0.05) is 13.1 Å². The molecular formula is C18H35NO3. The molecule has 1 fully saturated rings. The van der Waals surface area contributed by atoms with E-state index < -0.39 is 6.16 Å². The van der Waals surface area contributed by atoms with Crippen LogP contribution in [0.4, 0.5) is 4.79 Å². The van der Waals surface area contributed by atoms with Crippen LogP contribution in [0, 0.1) is 0 Å². The smallest absolute Gasteiger partial charge is 0.433 e. The van der Waals surface area contributed by atoms with E-state index in [1.807, 2.05) is 0 Å². The molecule has 0 saturated carbocycles. The van der Waals surface area contributed by atoms with Crippen LogP contribution in [0.1, 0.15) is 90.4 Å². The second-order valence-corrected chi connectivity index (χ2v) is 6.36. The Morgan fingerprint density at radius 2 is 1.32 bits per heavy atom. The molecule has 22 heavy (non-hydrogen) atoms. The summed E-state index contributed by atoms with van der Waals surface area (Å²) in [5.74, 6) is 0. The summed E-state index contributed by atoms with van der Waals surface area (Å²) in [6.07, 6.45) is 16.0. The van der Waals surface area contributed by atoms with Gasteiger partial charge in [-0.3, -0.25) is 0 Å². The van der Waals surface area contributed by atoms with Gasteiger partial charge in [0.25, 0.3) is 0 Å². The standard InChI is InChI=1S/C18H35NO3/c1-2-3-4-5-6-7-8-9-10-11-14-17-21-18(20)22-19-15-12-13-16-19/h2-17H2,1H3. The third-order valence-corrected chi connectivity index (χ3v) is 4.24. The second kappa shape index (κ2) is 13.9. The van der Waals surface area contributed by atoms with Gasteiger partial charge >= 0.3 is 6.16 Å². The van der Waals surface area contributed by atoms with Crippen molar-refractivity contribution in [2.45, 2.75) is 90.4 Å². The van der Waals surface area contributed by atoms with E-state index >= 15 is 0 Å². The molecule has 0 aromatic heterocycles. The van der Waals surface area contributed by atoms with Gasteiger partial charge in [-0.05, 0) is 19.3 Å². The summed E-state index contributed by atoms with van der Waals surface area (Å²) in [5.41, 5.74) is 0. The predicted octanol–water partition coefficient (Wildman–Crippen LogP) is 5.46.